The van der Waals surface area contributed by atoms with Gasteiger partial charge in [0.1, 0.15) is 0 Å². The molecule has 2 N–H and O–H groups in total. The van der Waals surface area contributed by atoms with Crippen LogP contribution in [0.15, 0.2) is 18.2 Å². The lowest BCUT2D eigenvalue weighted by molar-refractivity contribution is 0.0726. The van der Waals surface area contributed by atoms with Gasteiger partial charge in [-0.1, -0.05) is 25.4 Å². The first kappa shape index (κ1) is 16.8. The third-order valence-corrected chi connectivity index (χ3v) is 3.17. The minimum Gasteiger partial charge on any atom is -0.398 e. The first-order valence-corrected chi connectivity index (χ1v) is 7.18. The van der Waals surface area contributed by atoms with Crippen LogP contribution >= 0.6 is 11.6 Å². The molecule has 0 spiro atoms. The molecule has 1 aromatic rings. The average Bonchev–Trinajstić information content (AvgIpc) is 2.36. The van der Waals surface area contributed by atoms with Crippen molar-refractivity contribution in [3.8, 4) is 0 Å². The molecule has 5 heteroatoms. The molecule has 1 rings (SSSR count). The van der Waals surface area contributed by atoms with Crippen molar-refractivity contribution in [1.82, 2.24) is 9.80 Å². The lowest BCUT2D eigenvalue weighted by atomic mass is 10.1. The Morgan fingerprint density at radius 2 is 1.95 bits per heavy atom. The maximum absolute atomic E-state index is 12.6. The van der Waals surface area contributed by atoms with Crippen molar-refractivity contribution in [1.29, 1.82) is 0 Å². The molecule has 1 amide bonds. The molecule has 0 aliphatic carbocycles. The van der Waals surface area contributed by atoms with Gasteiger partial charge in [-0.2, -0.15) is 0 Å². The van der Waals surface area contributed by atoms with Crippen molar-refractivity contribution in [3.63, 3.8) is 0 Å². The van der Waals surface area contributed by atoms with Crippen LogP contribution in [-0.2, 0) is 0 Å². The molecular weight excluding hydrogens is 274 g/mol. The van der Waals surface area contributed by atoms with Gasteiger partial charge in [-0.15, -0.1) is 0 Å². The second kappa shape index (κ2) is 7.50. The molecule has 4 nitrogen and oxygen atoms in total. The summed E-state index contributed by atoms with van der Waals surface area (Å²) in [6, 6.07) is 5.01. The Balaban J connectivity index is 2.93. The molecule has 0 atom stereocenters. The van der Waals surface area contributed by atoms with Gasteiger partial charge in [0.2, 0.25) is 0 Å². The molecule has 0 saturated heterocycles. The molecule has 0 fully saturated rings. The Bertz CT molecular complexity index is 460. The van der Waals surface area contributed by atoms with Crippen LogP contribution in [0.5, 0.6) is 0 Å². The highest BCUT2D eigenvalue weighted by Gasteiger charge is 2.19. The van der Waals surface area contributed by atoms with Crippen LogP contribution in [0.1, 0.15) is 24.2 Å². The van der Waals surface area contributed by atoms with Crippen LogP contribution in [0.25, 0.3) is 0 Å². The predicted octanol–water partition coefficient (Wildman–Crippen LogP) is 2.58. The molecule has 0 aliphatic rings. The highest BCUT2D eigenvalue weighted by molar-refractivity contribution is 6.31. The van der Waals surface area contributed by atoms with Crippen LogP contribution in [0.2, 0.25) is 5.02 Å². The Kier molecular flexibility index (Phi) is 6.30. The van der Waals surface area contributed by atoms with Crippen molar-refractivity contribution < 1.29 is 4.79 Å². The van der Waals surface area contributed by atoms with E-state index in [-0.39, 0.29) is 5.91 Å². The van der Waals surface area contributed by atoms with Crippen LogP contribution in [-0.4, -0.2) is 49.4 Å². The van der Waals surface area contributed by atoms with Gasteiger partial charge in [0.15, 0.2) is 0 Å². The molecule has 0 unspecified atom stereocenters. The van der Waals surface area contributed by atoms with Gasteiger partial charge in [0.05, 0.1) is 5.56 Å². The van der Waals surface area contributed by atoms with Crippen molar-refractivity contribution in [2.45, 2.75) is 13.8 Å². The number of nitrogen functional groups attached to an aromatic ring is 1. The third kappa shape index (κ3) is 5.02. The van der Waals surface area contributed by atoms with E-state index in [1.165, 1.54) is 0 Å². The van der Waals surface area contributed by atoms with Crippen LogP contribution in [0, 0.1) is 5.92 Å². The molecule has 0 saturated carbocycles. The number of hydrogen-bond donors (Lipinski definition) is 1. The van der Waals surface area contributed by atoms with E-state index in [9.17, 15) is 4.79 Å². The minimum atomic E-state index is -0.0550. The second-order valence-corrected chi connectivity index (χ2v) is 6.12. The first-order chi connectivity index (χ1) is 9.31. The number of halogens is 1. The van der Waals surface area contributed by atoms with E-state index < -0.39 is 0 Å². The summed E-state index contributed by atoms with van der Waals surface area (Å²) in [6.07, 6.45) is 0. The minimum absolute atomic E-state index is 0.0550. The van der Waals surface area contributed by atoms with Gasteiger partial charge in [0, 0.05) is 30.3 Å². The number of benzene rings is 1. The SMILES string of the molecule is CC(C)CN(CCN(C)C)C(=O)c1cc(Cl)ccc1N. The zero-order chi connectivity index (χ0) is 15.3. The molecule has 0 heterocycles. The zero-order valence-electron chi connectivity index (χ0n) is 12.7. The summed E-state index contributed by atoms with van der Waals surface area (Å²) in [5.41, 5.74) is 6.85. The summed E-state index contributed by atoms with van der Waals surface area (Å²) in [5, 5.41) is 0.527. The second-order valence-electron chi connectivity index (χ2n) is 5.68. The van der Waals surface area contributed by atoms with Crippen LogP contribution < -0.4 is 5.73 Å². The molecule has 0 radical (unpaired) electrons. The highest BCUT2D eigenvalue weighted by Crippen LogP contribution is 2.20. The Morgan fingerprint density at radius 1 is 1.30 bits per heavy atom. The van der Waals surface area contributed by atoms with E-state index in [1.54, 1.807) is 18.2 Å². The van der Waals surface area contributed by atoms with Gasteiger partial charge < -0.3 is 15.5 Å². The number of nitrogens with zero attached hydrogens (tertiary/aromatic N) is 2. The maximum Gasteiger partial charge on any atom is 0.256 e. The van der Waals surface area contributed by atoms with Crippen molar-refractivity contribution >= 4 is 23.2 Å². The van der Waals surface area contributed by atoms with Crippen molar-refractivity contribution in [3.05, 3.63) is 28.8 Å². The number of rotatable bonds is 6. The summed E-state index contributed by atoms with van der Waals surface area (Å²) in [4.78, 5) is 16.5. The van der Waals surface area contributed by atoms with Gasteiger partial charge >= 0.3 is 0 Å². The van der Waals surface area contributed by atoms with Gasteiger partial charge in [-0.25, -0.2) is 0 Å². The number of carbonyl (C=O) groups excluding carboxylic acids is 1. The number of carbonyl (C=O) groups is 1. The smallest absolute Gasteiger partial charge is 0.256 e. The fourth-order valence-corrected chi connectivity index (χ4v) is 2.09. The molecule has 1 aromatic carbocycles. The quantitative estimate of drug-likeness (QED) is 0.821. The summed E-state index contributed by atoms with van der Waals surface area (Å²) < 4.78 is 0. The Labute approximate surface area is 126 Å². The monoisotopic (exact) mass is 297 g/mol. The van der Waals surface area contributed by atoms with Gasteiger partial charge in [-0.3, -0.25) is 4.79 Å². The standard InChI is InChI=1S/C15H24ClN3O/c1-11(2)10-19(8-7-18(3)4)15(20)13-9-12(16)5-6-14(13)17/h5-6,9,11H,7-8,10,17H2,1-4H3. The fraction of sp³-hybridized carbons (Fsp3) is 0.533. The lowest BCUT2D eigenvalue weighted by Crippen LogP contribution is -2.39. The Hall–Kier alpha value is -1.26. The van der Waals surface area contributed by atoms with E-state index in [0.717, 1.165) is 6.54 Å². The largest absolute Gasteiger partial charge is 0.398 e. The zero-order valence-corrected chi connectivity index (χ0v) is 13.4. The van der Waals surface area contributed by atoms with Crippen LogP contribution in [0.3, 0.4) is 0 Å². The van der Waals surface area contributed by atoms with Gasteiger partial charge in [0.25, 0.3) is 5.91 Å². The summed E-state index contributed by atoms with van der Waals surface area (Å²) in [5.74, 6) is 0.349. The van der Waals surface area contributed by atoms with Crippen molar-refractivity contribution in [2.75, 3.05) is 39.5 Å². The number of hydrogen-bond acceptors (Lipinski definition) is 3. The maximum atomic E-state index is 12.6. The lowest BCUT2D eigenvalue weighted by Gasteiger charge is -2.26. The summed E-state index contributed by atoms with van der Waals surface area (Å²) in [6.45, 7) is 6.39. The number of likely N-dealkylation sites (N-methyl/N-ethyl adjacent to an activating group) is 1. The van der Waals surface area contributed by atoms with Gasteiger partial charge in [-0.05, 0) is 38.2 Å². The predicted molar refractivity (Wildman–Crippen MR) is 85.2 cm³/mol. The summed E-state index contributed by atoms with van der Waals surface area (Å²) >= 11 is 5.96. The van der Waals surface area contributed by atoms with Crippen LogP contribution in [0.4, 0.5) is 5.69 Å². The molecule has 0 bridgehead atoms. The van der Waals surface area contributed by atoms with Crippen molar-refractivity contribution in [2.24, 2.45) is 5.92 Å². The Morgan fingerprint density at radius 3 is 2.50 bits per heavy atom. The molecule has 112 valence electrons. The fourth-order valence-electron chi connectivity index (χ4n) is 1.92. The van der Waals surface area contributed by atoms with E-state index >= 15 is 0 Å². The first-order valence-electron chi connectivity index (χ1n) is 6.80. The van der Waals surface area contributed by atoms with E-state index in [4.69, 9.17) is 17.3 Å². The molecule has 20 heavy (non-hydrogen) atoms. The van der Waals surface area contributed by atoms with E-state index in [2.05, 4.69) is 18.7 Å². The van der Waals surface area contributed by atoms with E-state index in [1.807, 2.05) is 19.0 Å². The number of nitrogens with two attached hydrogens (primary N) is 1. The average molecular weight is 298 g/mol. The number of amides is 1. The summed E-state index contributed by atoms with van der Waals surface area (Å²) in [7, 11) is 3.98. The third-order valence-electron chi connectivity index (χ3n) is 2.94. The number of anilines is 1. The highest BCUT2D eigenvalue weighted by atomic mass is 35.5. The molecule has 0 aromatic heterocycles. The van der Waals surface area contributed by atoms with E-state index in [0.29, 0.717) is 35.3 Å². The molecular formula is C15H24ClN3O. The topological polar surface area (TPSA) is 49.6 Å². The molecule has 0 aliphatic heterocycles. The normalized spacial score (nSPS) is 11.2.